The second-order valence-electron chi connectivity index (χ2n) is 6.80. The molecule has 0 bridgehead atoms. The van der Waals surface area contributed by atoms with E-state index in [9.17, 15) is 0 Å². The molecule has 0 heterocycles. The van der Waals surface area contributed by atoms with Gasteiger partial charge >= 0.3 is 73.7 Å². The Morgan fingerprint density at radius 3 is 0.194 bits per heavy atom. The first-order chi connectivity index (χ1) is 25.6. The summed E-state index contributed by atoms with van der Waals surface area (Å²) in [7, 11) is -41.3. The molecule has 52 heteroatoms. The third-order valence-electron chi connectivity index (χ3n) is 1.25. The van der Waals surface area contributed by atoms with Crippen LogP contribution in [0.15, 0.2) is 0 Å². The maximum absolute atomic E-state index is 8.52. The fourth-order valence-corrected chi connectivity index (χ4v) is 0. The summed E-state index contributed by atoms with van der Waals surface area (Å²) in [5, 5.41) is 0. The SMILES string of the molecule is O=S(=O)([O-])[O-].O=S(=O)([O-])[O-].O=S(=O)([O-])[O-].O=S(=O)([O-])[O-].O=S(=O)([O-])[O-].O=S(=O)([O-])[O-].O=S(=O)([O-])[O-].O=S(=O)([O-])[O-].[NH3+]CC[NH3+].[NH3+]CC[NH3+].[NH3+]CC[NH3+].[NH3+]CC[NH3+].[NH3+]CC[NH3+].[Tm+3].[Tm+3]. The van der Waals surface area contributed by atoms with Gasteiger partial charge in [0.05, 0.1) is 0 Å². The molecule has 0 saturated heterocycles. The molecule has 0 aliphatic heterocycles. The van der Waals surface area contributed by atoms with Gasteiger partial charge in [0.25, 0.3) is 0 Å². The summed E-state index contributed by atoms with van der Waals surface area (Å²) in [6.07, 6.45) is 0. The minimum absolute atomic E-state index is 0. The van der Waals surface area contributed by atoms with Gasteiger partial charge in [-0.2, -0.15) is 0 Å². The van der Waals surface area contributed by atoms with Crippen LogP contribution in [0.4, 0.5) is 0 Å². The molecule has 406 valence electrons. The Kier molecular flexibility index (Phi) is 112. The smallest absolute Gasteiger partial charge is 0.759 e. The molecule has 0 radical (unpaired) electrons. The first-order valence-corrected chi connectivity index (χ1v) is 23.5. The van der Waals surface area contributed by atoms with Crippen LogP contribution in [0, 0.1) is 73.7 Å². The van der Waals surface area contributed by atoms with E-state index in [1.807, 2.05) is 0 Å². The molecule has 0 unspecified atom stereocenters. The molecule has 0 aromatic rings. The van der Waals surface area contributed by atoms with E-state index in [1.165, 1.54) is 0 Å². The molecular weight excluding hydrogens is 1370 g/mol. The van der Waals surface area contributed by atoms with Crippen molar-refractivity contribution in [1.82, 2.24) is 0 Å². The Morgan fingerprint density at radius 2 is 0.194 bits per heavy atom. The van der Waals surface area contributed by atoms with Gasteiger partial charge in [-0.25, -0.2) is 0 Å². The van der Waals surface area contributed by atoms with Gasteiger partial charge in [0.1, 0.15) is 65.4 Å². The van der Waals surface area contributed by atoms with Crippen LogP contribution < -0.4 is 57.3 Å². The Morgan fingerprint density at radius 1 is 0.177 bits per heavy atom. The van der Waals surface area contributed by atoms with Crippen molar-refractivity contribution < 1.29 is 271 Å². The topological polar surface area (TPSA) is 918 Å². The molecule has 0 amide bonds. The summed E-state index contributed by atoms with van der Waals surface area (Å²) >= 11 is 0. The van der Waals surface area contributed by atoms with Crippen LogP contribution >= 0.6 is 0 Å². The van der Waals surface area contributed by atoms with Crippen molar-refractivity contribution in [1.29, 1.82) is 0 Å². The summed E-state index contributed by atoms with van der Waals surface area (Å²) in [6.45, 7) is 9.58. The summed E-state index contributed by atoms with van der Waals surface area (Å²) < 4.78 is 273. The predicted molar refractivity (Wildman–Crippen MR) is 161 cm³/mol. The Labute approximate surface area is 415 Å². The van der Waals surface area contributed by atoms with Gasteiger partial charge in [-0.05, 0) is 0 Å². The molecular formula is C10H50N10O32S8Tm2. The van der Waals surface area contributed by atoms with E-state index in [-0.39, 0.29) is 73.7 Å². The number of hydrogen-bond acceptors (Lipinski definition) is 32. The first kappa shape index (κ1) is 105. The molecule has 30 N–H and O–H groups in total. The fourth-order valence-electron chi connectivity index (χ4n) is 0. The Balaban J connectivity index is -0.0000000296. The van der Waals surface area contributed by atoms with Crippen molar-refractivity contribution in [3.05, 3.63) is 0 Å². The van der Waals surface area contributed by atoms with Crippen molar-refractivity contribution in [3.8, 4) is 0 Å². The third kappa shape index (κ3) is 6050. The summed E-state index contributed by atoms with van der Waals surface area (Å²) in [6, 6.07) is 0. The van der Waals surface area contributed by atoms with Crippen molar-refractivity contribution in [3.63, 3.8) is 0 Å². The van der Waals surface area contributed by atoms with E-state index >= 15 is 0 Å². The molecule has 0 fully saturated rings. The largest absolute Gasteiger partial charge is 3.00 e. The van der Waals surface area contributed by atoms with Crippen molar-refractivity contribution in [2.24, 2.45) is 0 Å². The van der Waals surface area contributed by atoms with E-state index in [0.29, 0.717) is 0 Å². The Bertz CT molecular complexity index is 1280. The molecule has 0 rings (SSSR count). The Hall–Kier alpha value is 1.03. The first-order valence-electron chi connectivity index (χ1n) is 12.8. The zero-order chi connectivity index (χ0) is 53.1. The van der Waals surface area contributed by atoms with Crippen molar-refractivity contribution in [2.45, 2.75) is 0 Å². The van der Waals surface area contributed by atoms with E-state index in [1.54, 1.807) is 0 Å². The summed E-state index contributed by atoms with van der Waals surface area (Å²) in [5.74, 6) is 0. The fraction of sp³-hybridized carbons (Fsp3) is 1.00. The standard InChI is InChI=1S/5C2H8N2.8H2O4S.2Tm/c5*3-1-2-4;8*1-5(2,3)4;;/h5*1-4H2;8*(H2,1,2,3,4);;/q;;;;;;;;;;;;;2*+3/p-6. The van der Waals surface area contributed by atoms with Gasteiger partial charge in [-0.1, -0.05) is 0 Å². The third-order valence-corrected chi connectivity index (χ3v) is 1.25. The predicted octanol–water partition coefficient (Wildman–Crippen LogP) is -23.4. The van der Waals surface area contributed by atoms with Crippen LogP contribution in [0.5, 0.6) is 0 Å². The number of hydrogen-bond donors (Lipinski definition) is 10. The summed E-state index contributed by atoms with van der Waals surface area (Å²) in [4.78, 5) is 0. The summed E-state index contributed by atoms with van der Waals surface area (Å²) in [5.41, 5.74) is 35.4. The minimum atomic E-state index is -5.17. The van der Waals surface area contributed by atoms with Crippen LogP contribution in [0.3, 0.4) is 0 Å². The minimum Gasteiger partial charge on any atom is -0.759 e. The van der Waals surface area contributed by atoms with Gasteiger partial charge in [0, 0.05) is 83.2 Å². The van der Waals surface area contributed by atoms with E-state index in [2.05, 4.69) is 57.3 Å². The molecule has 0 aliphatic rings. The van der Waals surface area contributed by atoms with Crippen LogP contribution in [0.1, 0.15) is 0 Å². The van der Waals surface area contributed by atoms with Crippen LogP contribution in [-0.2, 0) is 83.2 Å². The average molecular weight is 1420 g/mol. The molecule has 0 aromatic carbocycles. The maximum atomic E-state index is 8.52. The second-order valence-corrected chi connectivity index (χ2v) is 13.3. The van der Waals surface area contributed by atoms with Crippen LogP contribution in [0.2, 0.25) is 0 Å². The van der Waals surface area contributed by atoms with Gasteiger partial charge in [-0.15, -0.1) is 0 Å². The quantitative estimate of drug-likeness (QED) is 0.0902. The van der Waals surface area contributed by atoms with E-state index in [0.717, 1.165) is 65.4 Å². The zero-order valence-corrected chi connectivity index (χ0v) is 41.1. The monoisotopic (exact) mass is 1420 g/mol. The van der Waals surface area contributed by atoms with Gasteiger partial charge < -0.3 is 130 Å². The van der Waals surface area contributed by atoms with E-state index < -0.39 is 83.2 Å². The average Bonchev–Trinajstić information content (AvgIpc) is 2.90. The number of rotatable bonds is 5. The normalized spacial score (nSPS) is 9.90. The molecule has 62 heavy (non-hydrogen) atoms. The molecule has 42 nitrogen and oxygen atoms in total. The van der Waals surface area contributed by atoms with Gasteiger partial charge in [0.2, 0.25) is 0 Å². The molecule has 0 spiro atoms. The molecule has 0 saturated carbocycles. The zero-order valence-electron chi connectivity index (χ0n) is 31.0. The van der Waals surface area contributed by atoms with Gasteiger partial charge in [-0.3, -0.25) is 67.3 Å². The van der Waals surface area contributed by atoms with Crippen LogP contribution in [-0.4, -0.2) is 206 Å². The van der Waals surface area contributed by atoms with Crippen molar-refractivity contribution >= 4 is 83.2 Å². The van der Waals surface area contributed by atoms with Crippen molar-refractivity contribution in [2.75, 3.05) is 65.4 Å². The maximum Gasteiger partial charge on any atom is 3.00 e. The second kappa shape index (κ2) is 66.3. The molecule has 0 aliphatic carbocycles. The van der Waals surface area contributed by atoms with Gasteiger partial charge in [0.15, 0.2) is 0 Å². The molecule has 0 aromatic heterocycles. The van der Waals surface area contributed by atoms with Crippen LogP contribution in [0.25, 0.3) is 0 Å². The van der Waals surface area contributed by atoms with E-state index in [4.69, 9.17) is 140 Å². The molecule has 0 atom stereocenters. The number of quaternary nitrogens is 10.